The van der Waals surface area contributed by atoms with Crippen molar-refractivity contribution in [1.29, 1.82) is 0 Å². The number of hydrogen-bond donors (Lipinski definition) is 2. The van der Waals surface area contributed by atoms with Gasteiger partial charge in [-0.3, -0.25) is 9.69 Å². The van der Waals surface area contributed by atoms with Gasteiger partial charge in [0.25, 0.3) is 5.56 Å². The summed E-state index contributed by atoms with van der Waals surface area (Å²) in [5.74, 6) is 0.151. The predicted octanol–water partition coefficient (Wildman–Crippen LogP) is 3.56. The Hall–Kier alpha value is -2.11. The quantitative estimate of drug-likeness (QED) is 0.774. The van der Waals surface area contributed by atoms with Crippen molar-refractivity contribution in [2.24, 2.45) is 0 Å². The maximum atomic E-state index is 12.0. The van der Waals surface area contributed by atoms with Gasteiger partial charge < -0.3 is 10.1 Å². The van der Waals surface area contributed by atoms with Gasteiger partial charge in [-0.2, -0.15) is 0 Å². The van der Waals surface area contributed by atoms with Crippen LogP contribution in [-0.2, 0) is 6.54 Å². The molecule has 23 heavy (non-hydrogen) atoms. The first-order valence-electron chi connectivity index (χ1n) is 7.87. The van der Waals surface area contributed by atoms with Crippen molar-refractivity contribution in [3.05, 3.63) is 51.8 Å². The van der Waals surface area contributed by atoms with Crippen LogP contribution in [0.3, 0.4) is 0 Å². The molecule has 4 nitrogen and oxygen atoms in total. The number of thiophene rings is 1. The molecule has 118 valence electrons. The monoisotopic (exact) mass is 326 g/mol. The topological polar surface area (TPSA) is 56.3 Å². The molecule has 3 heterocycles. The third-order valence-electron chi connectivity index (χ3n) is 4.41. The van der Waals surface area contributed by atoms with Crippen molar-refractivity contribution in [2.75, 3.05) is 13.1 Å². The lowest BCUT2D eigenvalue weighted by Gasteiger charge is -2.12. The summed E-state index contributed by atoms with van der Waals surface area (Å²) in [6, 6.07) is 9.30. The maximum absolute atomic E-state index is 12.0. The number of nitrogens with zero attached hydrogens (tertiary/aromatic N) is 1. The maximum Gasteiger partial charge on any atom is 0.255 e. The lowest BCUT2D eigenvalue weighted by Crippen LogP contribution is -2.17. The Labute approximate surface area is 138 Å². The Bertz CT molecular complexity index is 907. The standard InChI is InChI=1S/C18H18N2O2S/c21-15-5-3-4-13-17(15)14(10-19-18(13)22)16-7-6-12(23-16)11-20-8-1-2-9-20/h3-7,10,21H,1-2,8-9,11H2,(H,19,22). The molecular weight excluding hydrogens is 308 g/mol. The molecule has 0 amide bonds. The highest BCUT2D eigenvalue weighted by Crippen LogP contribution is 2.36. The fourth-order valence-corrected chi connectivity index (χ4v) is 4.34. The number of likely N-dealkylation sites (tertiary alicyclic amines) is 1. The van der Waals surface area contributed by atoms with E-state index in [9.17, 15) is 9.90 Å². The number of aromatic amines is 1. The zero-order valence-corrected chi connectivity index (χ0v) is 13.5. The molecular formula is C18H18N2O2S. The van der Waals surface area contributed by atoms with Crippen LogP contribution in [-0.4, -0.2) is 28.1 Å². The molecule has 4 rings (SSSR count). The van der Waals surface area contributed by atoms with E-state index in [0.29, 0.717) is 10.8 Å². The van der Waals surface area contributed by atoms with Crippen LogP contribution in [0.15, 0.2) is 41.3 Å². The molecule has 0 saturated carbocycles. The molecule has 1 fully saturated rings. The Balaban J connectivity index is 1.76. The van der Waals surface area contributed by atoms with Crippen molar-refractivity contribution in [2.45, 2.75) is 19.4 Å². The molecule has 0 unspecified atom stereocenters. The Morgan fingerprint density at radius 1 is 1.17 bits per heavy atom. The number of aromatic nitrogens is 1. The molecule has 1 aromatic carbocycles. The molecule has 0 radical (unpaired) electrons. The zero-order chi connectivity index (χ0) is 15.8. The van der Waals surface area contributed by atoms with Gasteiger partial charge in [0.05, 0.1) is 5.39 Å². The Morgan fingerprint density at radius 3 is 2.83 bits per heavy atom. The van der Waals surface area contributed by atoms with Gasteiger partial charge in [-0.25, -0.2) is 0 Å². The van der Waals surface area contributed by atoms with Gasteiger partial charge in [0.1, 0.15) is 5.75 Å². The normalized spacial score (nSPS) is 15.5. The van der Waals surface area contributed by atoms with Gasteiger partial charge in [0.15, 0.2) is 0 Å². The number of nitrogens with one attached hydrogen (secondary N) is 1. The van der Waals surface area contributed by atoms with Crippen LogP contribution in [0.1, 0.15) is 17.7 Å². The largest absolute Gasteiger partial charge is 0.507 e. The molecule has 0 atom stereocenters. The van der Waals surface area contributed by atoms with E-state index in [-0.39, 0.29) is 11.3 Å². The van der Waals surface area contributed by atoms with E-state index in [1.807, 2.05) is 0 Å². The van der Waals surface area contributed by atoms with Gasteiger partial charge in [0.2, 0.25) is 0 Å². The number of fused-ring (bicyclic) bond motifs is 1. The van der Waals surface area contributed by atoms with E-state index >= 15 is 0 Å². The summed E-state index contributed by atoms with van der Waals surface area (Å²) >= 11 is 1.73. The van der Waals surface area contributed by atoms with Crippen molar-refractivity contribution in [3.63, 3.8) is 0 Å². The summed E-state index contributed by atoms with van der Waals surface area (Å²) in [5.41, 5.74) is 0.712. The number of aromatic hydroxyl groups is 1. The Kier molecular flexibility index (Phi) is 3.67. The number of phenolic OH excluding ortho intramolecular Hbond substituents is 1. The third kappa shape index (κ3) is 2.66. The SMILES string of the molecule is O=c1[nH]cc(-c2ccc(CN3CCCC3)s2)c2c(O)cccc12. The van der Waals surface area contributed by atoms with Crippen LogP contribution in [0.5, 0.6) is 5.75 Å². The summed E-state index contributed by atoms with van der Waals surface area (Å²) in [4.78, 5) is 19.6. The average molecular weight is 326 g/mol. The minimum absolute atomic E-state index is 0.151. The summed E-state index contributed by atoms with van der Waals surface area (Å²) < 4.78 is 0. The van der Waals surface area contributed by atoms with Gasteiger partial charge in [-0.1, -0.05) is 6.07 Å². The van der Waals surface area contributed by atoms with E-state index in [4.69, 9.17) is 0 Å². The van der Waals surface area contributed by atoms with Crippen molar-refractivity contribution < 1.29 is 5.11 Å². The minimum atomic E-state index is -0.173. The van der Waals surface area contributed by atoms with Crippen LogP contribution in [0, 0.1) is 0 Å². The van der Waals surface area contributed by atoms with E-state index < -0.39 is 0 Å². The molecule has 2 aromatic heterocycles. The van der Waals surface area contributed by atoms with Crippen molar-refractivity contribution in [1.82, 2.24) is 9.88 Å². The smallest absolute Gasteiger partial charge is 0.255 e. The number of H-pyrrole nitrogens is 1. The van der Waals surface area contributed by atoms with E-state index in [2.05, 4.69) is 22.0 Å². The second-order valence-electron chi connectivity index (χ2n) is 5.98. The summed E-state index contributed by atoms with van der Waals surface area (Å²) in [7, 11) is 0. The van der Waals surface area contributed by atoms with Gasteiger partial charge >= 0.3 is 0 Å². The number of phenols is 1. The number of rotatable bonds is 3. The average Bonchev–Trinajstić information content (AvgIpc) is 3.21. The number of pyridine rings is 1. The molecule has 0 bridgehead atoms. The third-order valence-corrected chi connectivity index (χ3v) is 5.51. The first kappa shape index (κ1) is 14.5. The second-order valence-corrected chi connectivity index (χ2v) is 7.15. The van der Waals surface area contributed by atoms with E-state index in [0.717, 1.165) is 17.0 Å². The van der Waals surface area contributed by atoms with Crippen molar-refractivity contribution >= 4 is 22.1 Å². The summed E-state index contributed by atoms with van der Waals surface area (Å²) in [5, 5.41) is 11.4. The molecule has 0 aliphatic carbocycles. The molecule has 3 aromatic rings. The first-order chi connectivity index (χ1) is 11.2. The Morgan fingerprint density at radius 2 is 2.00 bits per heavy atom. The van der Waals surface area contributed by atoms with Gasteiger partial charge in [-0.15, -0.1) is 11.3 Å². The zero-order valence-electron chi connectivity index (χ0n) is 12.7. The van der Waals surface area contributed by atoms with Gasteiger partial charge in [0, 0.05) is 33.4 Å². The van der Waals surface area contributed by atoms with Crippen molar-refractivity contribution in [3.8, 4) is 16.2 Å². The highest BCUT2D eigenvalue weighted by molar-refractivity contribution is 7.15. The molecule has 1 aliphatic rings. The molecule has 0 spiro atoms. The highest BCUT2D eigenvalue weighted by atomic mass is 32.1. The minimum Gasteiger partial charge on any atom is -0.507 e. The lowest BCUT2D eigenvalue weighted by atomic mass is 10.1. The van der Waals surface area contributed by atoms with Crippen LogP contribution < -0.4 is 5.56 Å². The van der Waals surface area contributed by atoms with E-state index in [1.54, 1.807) is 35.7 Å². The summed E-state index contributed by atoms with van der Waals surface area (Å²) in [6.45, 7) is 3.34. The lowest BCUT2D eigenvalue weighted by molar-refractivity contribution is 0.334. The van der Waals surface area contributed by atoms with Crippen LogP contribution in [0.2, 0.25) is 0 Å². The fraction of sp³-hybridized carbons (Fsp3) is 0.278. The second kappa shape index (κ2) is 5.83. The van der Waals surface area contributed by atoms with Crippen LogP contribution >= 0.6 is 11.3 Å². The number of benzene rings is 1. The van der Waals surface area contributed by atoms with Crippen LogP contribution in [0.4, 0.5) is 0 Å². The van der Waals surface area contributed by atoms with Gasteiger partial charge in [-0.05, 0) is 50.2 Å². The predicted molar refractivity (Wildman–Crippen MR) is 94.1 cm³/mol. The first-order valence-corrected chi connectivity index (χ1v) is 8.69. The molecule has 5 heteroatoms. The number of hydrogen-bond acceptors (Lipinski definition) is 4. The summed E-state index contributed by atoms with van der Waals surface area (Å²) in [6.07, 6.45) is 4.28. The fourth-order valence-electron chi connectivity index (χ4n) is 3.26. The highest BCUT2D eigenvalue weighted by Gasteiger charge is 2.15. The van der Waals surface area contributed by atoms with E-state index in [1.165, 1.54) is 30.8 Å². The molecule has 2 N–H and O–H groups in total. The molecule has 1 aliphatic heterocycles. The molecule has 1 saturated heterocycles. The van der Waals surface area contributed by atoms with Crippen LogP contribution in [0.25, 0.3) is 21.2 Å².